The molecule has 1 aromatic heterocycles. The number of rotatable bonds is 6. The van der Waals surface area contributed by atoms with E-state index in [1.807, 2.05) is 6.20 Å². The van der Waals surface area contributed by atoms with E-state index in [1.54, 1.807) is 0 Å². The molecule has 0 bridgehead atoms. The maximum atomic E-state index is 4.38. The number of hydrogen-bond donors (Lipinski definition) is 1. The minimum Gasteiger partial charge on any atom is -0.368 e. The van der Waals surface area contributed by atoms with Gasteiger partial charge < -0.3 is 5.32 Å². The summed E-state index contributed by atoms with van der Waals surface area (Å²) in [5.74, 6) is 0.979. The summed E-state index contributed by atoms with van der Waals surface area (Å²) in [6, 6.07) is 2.60. The Labute approximate surface area is 113 Å². The van der Waals surface area contributed by atoms with Crippen LogP contribution in [0, 0.1) is 6.92 Å². The molecule has 1 heterocycles. The van der Waals surface area contributed by atoms with Crippen LogP contribution in [-0.4, -0.2) is 35.6 Å². The van der Waals surface area contributed by atoms with E-state index < -0.39 is 0 Å². The van der Waals surface area contributed by atoms with E-state index in [1.165, 1.54) is 5.56 Å². The number of hydrogen-bond acceptors (Lipinski definition) is 3. The molecule has 0 fully saturated rings. The first-order valence-corrected chi connectivity index (χ1v) is 6.97. The monoisotopic (exact) mass is 299 g/mol. The summed E-state index contributed by atoms with van der Waals surface area (Å²) in [5.41, 5.74) is 1.17. The molecule has 0 radical (unpaired) electrons. The molecule has 1 aromatic rings. The molecule has 3 nitrogen and oxygen atoms in total. The lowest BCUT2D eigenvalue weighted by atomic mass is 10.2. The lowest BCUT2D eigenvalue weighted by molar-refractivity contribution is 0.240. The Hall–Kier alpha value is -0.610. The van der Waals surface area contributed by atoms with Gasteiger partial charge >= 0.3 is 0 Å². The number of anilines is 1. The first-order chi connectivity index (χ1) is 8.08. The van der Waals surface area contributed by atoms with Gasteiger partial charge in [0.1, 0.15) is 5.82 Å². The summed E-state index contributed by atoms with van der Waals surface area (Å²) in [6.07, 6.45) is 1.83. The number of aryl methyl sites for hydroxylation is 1. The van der Waals surface area contributed by atoms with Gasteiger partial charge in [-0.2, -0.15) is 0 Å². The Bertz CT molecular complexity index is 351. The van der Waals surface area contributed by atoms with Crippen LogP contribution < -0.4 is 5.32 Å². The van der Waals surface area contributed by atoms with E-state index in [4.69, 9.17) is 0 Å². The lowest BCUT2D eigenvalue weighted by Gasteiger charge is -2.26. The van der Waals surface area contributed by atoms with Gasteiger partial charge in [-0.15, -0.1) is 0 Å². The summed E-state index contributed by atoms with van der Waals surface area (Å²) in [7, 11) is 0. The Balaban J connectivity index is 2.55. The number of aromatic nitrogens is 1. The summed E-state index contributed by atoms with van der Waals surface area (Å²) in [6.45, 7) is 11.8. The quantitative estimate of drug-likeness (QED) is 0.874. The van der Waals surface area contributed by atoms with Crippen molar-refractivity contribution in [1.29, 1.82) is 0 Å². The second-order valence-corrected chi connectivity index (χ2v) is 5.19. The zero-order valence-electron chi connectivity index (χ0n) is 11.1. The van der Waals surface area contributed by atoms with Gasteiger partial charge in [-0.3, -0.25) is 4.90 Å². The number of likely N-dealkylation sites (N-methyl/N-ethyl adjacent to an activating group) is 1. The molecular weight excluding hydrogens is 278 g/mol. The molecule has 1 rings (SSSR count). The molecule has 0 saturated carbocycles. The second-order valence-electron chi connectivity index (χ2n) is 4.27. The largest absolute Gasteiger partial charge is 0.368 e. The first-order valence-electron chi connectivity index (χ1n) is 6.18. The molecule has 0 aliphatic heterocycles. The van der Waals surface area contributed by atoms with Gasteiger partial charge in [0.15, 0.2) is 0 Å². The highest BCUT2D eigenvalue weighted by atomic mass is 79.9. The molecule has 4 heteroatoms. The molecule has 0 spiro atoms. The van der Waals surface area contributed by atoms with Crippen LogP contribution in [0.25, 0.3) is 0 Å². The highest BCUT2D eigenvalue weighted by Gasteiger charge is 2.10. The van der Waals surface area contributed by atoms with E-state index in [9.17, 15) is 0 Å². The highest BCUT2D eigenvalue weighted by Crippen LogP contribution is 2.16. The fourth-order valence-corrected chi connectivity index (χ4v) is 2.39. The van der Waals surface area contributed by atoms with E-state index in [2.05, 4.69) is 64.9 Å². The fourth-order valence-electron chi connectivity index (χ4n) is 1.95. The van der Waals surface area contributed by atoms with Crippen molar-refractivity contribution in [2.24, 2.45) is 0 Å². The van der Waals surface area contributed by atoms with Crippen molar-refractivity contribution < 1.29 is 0 Å². The van der Waals surface area contributed by atoms with Crippen molar-refractivity contribution in [3.63, 3.8) is 0 Å². The predicted octanol–water partition coefficient (Wildman–Crippen LogP) is 3.29. The number of pyridine rings is 1. The van der Waals surface area contributed by atoms with E-state index in [-0.39, 0.29) is 0 Å². The van der Waals surface area contributed by atoms with Crippen LogP contribution in [0.5, 0.6) is 0 Å². The van der Waals surface area contributed by atoms with Crippen LogP contribution in [0.15, 0.2) is 16.7 Å². The topological polar surface area (TPSA) is 28.2 Å². The molecule has 1 unspecified atom stereocenters. The van der Waals surface area contributed by atoms with Crippen LogP contribution >= 0.6 is 15.9 Å². The van der Waals surface area contributed by atoms with E-state index >= 15 is 0 Å². The average molecular weight is 300 g/mol. The summed E-state index contributed by atoms with van der Waals surface area (Å²) < 4.78 is 1.03. The minimum absolute atomic E-state index is 0.523. The number of nitrogens with zero attached hydrogens (tertiary/aromatic N) is 2. The Morgan fingerprint density at radius 2 is 2.06 bits per heavy atom. The Morgan fingerprint density at radius 1 is 1.41 bits per heavy atom. The predicted molar refractivity (Wildman–Crippen MR) is 77.5 cm³/mol. The molecule has 0 saturated heterocycles. The number of nitrogens with one attached hydrogen (secondary N) is 1. The SMILES string of the molecule is CCN(CC)C(C)CNc1ncc(Br)cc1C. The lowest BCUT2D eigenvalue weighted by Crippen LogP contribution is -2.37. The van der Waals surface area contributed by atoms with Gasteiger partial charge in [-0.05, 0) is 54.5 Å². The molecule has 0 amide bonds. The van der Waals surface area contributed by atoms with E-state index in [0.29, 0.717) is 6.04 Å². The maximum absolute atomic E-state index is 4.38. The molecule has 17 heavy (non-hydrogen) atoms. The van der Waals surface area contributed by atoms with Gasteiger partial charge in [-0.1, -0.05) is 13.8 Å². The van der Waals surface area contributed by atoms with Crippen molar-refractivity contribution >= 4 is 21.7 Å². The summed E-state index contributed by atoms with van der Waals surface area (Å²) in [5, 5.41) is 3.42. The Morgan fingerprint density at radius 3 is 2.59 bits per heavy atom. The van der Waals surface area contributed by atoms with Crippen LogP contribution in [-0.2, 0) is 0 Å². The second kappa shape index (κ2) is 6.97. The summed E-state index contributed by atoms with van der Waals surface area (Å²) >= 11 is 3.42. The van der Waals surface area contributed by atoms with E-state index in [0.717, 1.165) is 29.9 Å². The normalized spacial score (nSPS) is 12.8. The minimum atomic E-state index is 0.523. The fraction of sp³-hybridized carbons (Fsp3) is 0.615. The van der Waals surface area contributed by atoms with Gasteiger partial charge in [0, 0.05) is 23.3 Å². The van der Waals surface area contributed by atoms with Crippen molar-refractivity contribution in [2.75, 3.05) is 25.0 Å². The zero-order chi connectivity index (χ0) is 12.8. The van der Waals surface area contributed by atoms with Crippen LogP contribution in [0.2, 0.25) is 0 Å². The van der Waals surface area contributed by atoms with Crippen molar-refractivity contribution in [2.45, 2.75) is 33.7 Å². The molecule has 0 aromatic carbocycles. The van der Waals surface area contributed by atoms with Gasteiger partial charge in [0.05, 0.1) is 0 Å². The van der Waals surface area contributed by atoms with Crippen molar-refractivity contribution in [3.8, 4) is 0 Å². The van der Waals surface area contributed by atoms with Crippen molar-refractivity contribution in [1.82, 2.24) is 9.88 Å². The smallest absolute Gasteiger partial charge is 0.128 e. The average Bonchev–Trinajstić information content (AvgIpc) is 2.29. The third-order valence-corrected chi connectivity index (χ3v) is 3.48. The third kappa shape index (κ3) is 4.28. The van der Waals surface area contributed by atoms with Crippen LogP contribution in [0.4, 0.5) is 5.82 Å². The number of halogens is 1. The Kier molecular flexibility index (Phi) is 5.92. The molecule has 1 atom stereocenters. The van der Waals surface area contributed by atoms with Gasteiger partial charge in [-0.25, -0.2) is 4.98 Å². The van der Waals surface area contributed by atoms with Gasteiger partial charge in [0.25, 0.3) is 0 Å². The zero-order valence-corrected chi connectivity index (χ0v) is 12.7. The highest BCUT2D eigenvalue weighted by molar-refractivity contribution is 9.10. The molecular formula is C13H22BrN3. The van der Waals surface area contributed by atoms with Crippen LogP contribution in [0.3, 0.4) is 0 Å². The molecule has 1 N–H and O–H groups in total. The van der Waals surface area contributed by atoms with Crippen LogP contribution in [0.1, 0.15) is 26.3 Å². The molecule has 96 valence electrons. The first kappa shape index (κ1) is 14.5. The molecule has 0 aliphatic rings. The maximum Gasteiger partial charge on any atom is 0.128 e. The van der Waals surface area contributed by atoms with Gasteiger partial charge in [0.2, 0.25) is 0 Å². The van der Waals surface area contributed by atoms with Crippen molar-refractivity contribution in [3.05, 3.63) is 22.3 Å². The summed E-state index contributed by atoms with van der Waals surface area (Å²) in [4.78, 5) is 6.82. The third-order valence-electron chi connectivity index (χ3n) is 3.05. The standard InChI is InChI=1S/C13H22BrN3/c1-5-17(6-2)11(4)8-15-13-10(3)7-12(14)9-16-13/h7,9,11H,5-6,8H2,1-4H3,(H,15,16). The molecule has 0 aliphatic carbocycles.